The van der Waals surface area contributed by atoms with E-state index in [4.69, 9.17) is 0 Å². The predicted octanol–water partition coefficient (Wildman–Crippen LogP) is 5.40. The van der Waals surface area contributed by atoms with Crippen LogP contribution >= 0.6 is 0 Å². The molecule has 0 fully saturated rings. The van der Waals surface area contributed by atoms with Crippen molar-refractivity contribution in [3.63, 3.8) is 0 Å². The highest BCUT2D eigenvalue weighted by molar-refractivity contribution is 6.02. The molecule has 2 rings (SSSR count). The van der Waals surface area contributed by atoms with Crippen LogP contribution in [-0.2, 0) is 4.79 Å². The van der Waals surface area contributed by atoms with Gasteiger partial charge < -0.3 is 15.5 Å². The first-order chi connectivity index (χ1) is 14.4. The molecule has 5 nitrogen and oxygen atoms in total. The highest BCUT2D eigenvalue weighted by Crippen LogP contribution is 2.25. The minimum Gasteiger partial charge on any atom is -0.377 e. The molecule has 2 N–H and O–H groups in total. The van der Waals surface area contributed by atoms with Crippen molar-refractivity contribution in [1.29, 1.82) is 0 Å². The largest absolute Gasteiger partial charge is 0.377 e. The predicted molar refractivity (Wildman–Crippen MR) is 125 cm³/mol. The lowest BCUT2D eigenvalue weighted by Gasteiger charge is -2.21. The Balaban J connectivity index is 2.21. The summed E-state index contributed by atoms with van der Waals surface area (Å²) in [6.07, 6.45) is 3.81. The Morgan fingerprint density at radius 1 is 1.03 bits per heavy atom. The van der Waals surface area contributed by atoms with Crippen molar-refractivity contribution in [3.05, 3.63) is 59.7 Å². The van der Waals surface area contributed by atoms with Crippen molar-refractivity contribution in [2.45, 2.75) is 52.5 Å². The maximum absolute atomic E-state index is 13.1. The number of carbonyl (C=O) groups excluding carboxylic acids is 2. The molecule has 0 aliphatic heterocycles. The molecule has 30 heavy (non-hydrogen) atoms. The first-order valence-electron chi connectivity index (χ1n) is 10.8. The average molecular weight is 410 g/mol. The maximum atomic E-state index is 13.1. The lowest BCUT2D eigenvalue weighted by molar-refractivity contribution is -0.120. The van der Waals surface area contributed by atoms with Gasteiger partial charge in [0, 0.05) is 31.4 Å². The summed E-state index contributed by atoms with van der Waals surface area (Å²) in [5.41, 5.74) is 3.05. The molecule has 0 radical (unpaired) electrons. The van der Waals surface area contributed by atoms with E-state index in [0.29, 0.717) is 11.3 Å². The Labute approximate surface area is 180 Å². The zero-order chi connectivity index (χ0) is 22.1. The Hall–Kier alpha value is -2.82. The molecule has 0 aliphatic carbocycles. The van der Waals surface area contributed by atoms with E-state index in [0.717, 1.165) is 36.9 Å². The molecule has 162 valence electrons. The molecular weight excluding hydrogens is 374 g/mol. The molecule has 0 aliphatic rings. The fourth-order valence-electron chi connectivity index (χ4n) is 3.50. The van der Waals surface area contributed by atoms with Crippen molar-refractivity contribution < 1.29 is 9.59 Å². The van der Waals surface area contributed by atoms with Gasteiger partial charge in [0.05, 0.1) is 11.6 Å². The number of benzene rings is 2. The van der Waals surface area contributed by atoms with E-state index in [1.165, 1.54) is 0 Å². The first-order valence-corrected chi connectivity index (χ1v) is 10.8. The monoisotopic (exact) mass is 409 g/mol. The van der Waals surface area contributed by atoms with E-state index in [2.05, 4.69) is 17.6 Å². The number of hydrogen-bond donors (Lipinski definition) is 2. The Morgan fingerprint density at radius 3 is 2.33 bits per heavy atom. The maximum Gasteiger partial charge on any atom is 0.253 e. The van der Waals surface area contributed by atoms with Crippen LogP contribution in [0.5, 0.6) is 0 Å². The Bertz CT molecular complexity index is 834. The fourth-order valence-corrected chi connectivity index (χ4v) is 3.50. The van der Waals surface area contributed by atoms with Crippen LogP contribution in [-0.4, -0.2) is 25.9 Å². The number of unbranched alkanes of at least 4 members (excludes halogenated alkanes) is 1. The van der Waals surface area contributed by atoms with Gasteiger partial charge in [-0.2, -0.15) is 0 Å². The second kappa shape index (κ2) is 11.4. The summed E-state index contributed by atoms with van der Waals surface area (Å²) in [7, 11) is 3.81. The highest BCUT2D eigenvalue weighted by Gasteiger charge is 2.19. The quantitative estimate of drug-likeness (QED) is 0.552. The molecule has 2 atom stereocenters. The van der Waals surface area contributed by atoms with Gasteiger partial charge in [0.25, 0.3) is 5.91 Å². The SMILES string of the molecule is CCCC[C@H](CC)C(=O)Nc1ccc(N(C)C)c(C(=O)N[C@H](C)c2ccccc2)c1. The lowest BCUT2D eigenvalue weighted by Crippen LogP contribution is -2.29. The first kappa shape index (κ1) is 23.5. The van der Waals surface area contributed by atoms with Gasteiger partial charge in [0.15, 0.2) is 0 Å². The van der Waals surface area contributed by atoms with Crippen molar-refractivity contribution in [2.24, 2.45) is 5.92 Å². The summed E-state index contributed by atoms with van der Waals surface area (Å²) in [5, 5.41) is 6.08. The van der Waals surface area contributed by atoms with Crippen LogP contribution < -0.4 is 15.5 Å². The molecule has 2 amide bonds. The topological polar surface area (TPSA) is 61.4 Å². The van der Waals surface area contributed by atoms with Crippen molar-refractivity contribution in [3.8, 4) is 0 Å². The zero-order valence-electron chi connectivity index (χ0n) is 18.9. The third-order valence-electron chi connectivity index (χ3n) is 5.41. The smallest absolute Gasteiger partial charge is 0.253 e. The van der Waals surface area contributed by atoms with E-state index in [-0.39, 0.29) is 23.8 Å². The van der Waals surface area contributed by atoms with Gasteiger partial charge in [-0.3, -0.25) is 9.59 Å². The van der Waals surface area contributed by atoms with Crippen molar-refractivity contribution in [2.75, 3.05) is 24.3 Å². The molecule has 2 aromatic carbocycles. The van der Waals surface area contributed by atoms with E-state index in [9.17, 15) is 9.59 Å². The third kappa shape index (κ3) is 6.34. The number of anilines is 2. The van der Waals surface area contributed by atoms with Gasteiger partial charge in [0.1, 0.15) is 0 Å². The minimum absolute atomic E-state index is 0.00569. The van der Waals surface area contributed by atoms with Gasteiger partial charge in [-0.25, -0.2) is 0 Å². The highest BCUT2D eigenvalue weighted by atomic mass is 16.2. The summed E-state index contributed by atoms with van der Waals surface area (Å²) in [5.74, 6) is -0.148. The normalized spacial score (nSPS) is 12.7. The van der Waals surface area contributed by atoms with Crippen LogP contribution in [0.15, 0.2) is 48.5 Å². The average Bonchev–Trinajstić information content (AvgIpc) is 2.74. The van der Waals surface area contributed by atoms with Crippen LogP contribution in [0.25, 0.3) is 0 Å². The molecule has 0 spiro atoms. The molecule has 0 heterocycles. The van der Waals surface area contributed by atoms with Gasteiger partial charge in [-0.1, -0.05) is 57.0 Å². The molecular formula is C25H35N3O2. The lowest BCUT2D eigenvalue weighted by atomic mass is 9.98. The molecule has 2 aromatic rings. The number of nitrogens with zero attached hydrogens (tertiary/aromatic N) is 1. The molecule has 0 saturated heterocycles. The number of carbonyl (C=O) groups is 2. The summed E-state index contributed by atoms with van der Waals surface area (Å²) in [4.78, 5) is 27.7. The summed E-state index contributed by atoms with van der Waals surface area (Å²) < 4.78 is 0. The molecule has 0 unspecified atom stereocenters. The minimum atomic E-state index is -0.163. The van der Waals surface area contributed by atoms with Gasteiger partial charge in [-0.15, -0.1) is 0 Å². The Kier molecular flexibility index (Phi) is 8.90. The van der Waals surface area contributed by atoms with Crippen molar-refractivity contribution in [1.82, 2.24) is 5.32 Å². The second-order valence-corrected chi connectivity index (χ2v) is 7.97. The Morgan fingerprint density at radius 2 is 1.73 bits per heavy atom. The number of rotatable bonds is 10. The van der Waals surface area contributed by atoms with E-state index in [1.807, 2.05) is 75.3 Å². The van der Waals surface area contributed by atoms with Crippen LogP contribution in [0.1, 0.15) is 68.4 Å². The summed E-state index contributed by atoms with van der Waals surface area (Å²) >= 11 is 0. The van der Waals surface area contributed by atoms with Gasteiger partial charge in [0.2, 0.25) is 5.91 Å². The summed E-state index contributed by atoms with van der Waals surface area (Å²) in [6.45, 7) is 6.14. The third-order valence-corrected chi connectivity index (χ3v) is 5.41. The fraction of sp³-hybridized carbons (Fsp3) is 0.440. The molecule has 5 heteroatoms. The molecule has 0 aromatic heterocycles. The van der Waals surface area contributed by atoms with Gasteiger partial charge in [-0.05, 0) is 43.5 Å². The van der Waals surface area contributed by atoms with E-state index in [1.54, 1.807) is 6.07 Å². The number of nitrogens with one attached hydrogen (secondary N) is 2. The van der Waals surface area contributed by atoms with Crippen molar-refractivity contribution >= 4 is 23.2 Å². The van der Waals surface area contributed by atoms with E-state index < -0.39 is 0 Å². The zero-order valence-corrected chi connectivity index (χ0v) is 18.9. The van der Waals surface area contributed by atoms with Crippen LogP contribution in [0, 0.1) is 5.92 Å². The van der Waals surface area contributed by atoms with Crippen LogP contribution in [0.2, 0.25) is 0 Å². The number of hydrogen-bond acceptors (Lipinski definition) is 3. The number of amides is 2. The molecule has 0 bridgehead atoms. The molecule has 0 saturated carbocycles. The summed E-state index contributed by atoms with van der Waals surface area (Å²) in [6, 6.07) is 15.3. The van der Waals surface area contributed by atoms with Gasteiger partial charge >= 0.3 is 0 Å². The second-order valence-electron chi connectivity index (χ2n) is 7.97. The van der Waals surface area contributed by atoms with Crippen LogP contribution in [0.3, 0.4) is 0 Å². The van der Waals surface area contributed by atoms with E-state index >= 15 is 0 Å². The van der Waals surface area contributed by atoms with Crippen LogP contribution in [0.4, 0.5) is 11.4 Å². The standard InChI is InChI=1S/C25H35N3O2/c1-6-8-12-19(7-2)24(29)27-21-15-16-23(28(4)5)22(17-21)25(30)26-18(3)20-13-10-9-11-14-20/h9-11,13-19H,6-8,12H2,1-5H3,(H,26,30)(H,27,29)/t18-,19+/m1/s1.